The van der Waals surface area contributed by atoms with Gasteiger partial charge in [0.15, 0.2) is 6.29 Å². The zero-order valence-electron chi connectivity index (χ0n) is 7.85. The summed E-state index contributed by atoms with van der Waals surface area (Å²) in [5, 5.41) is 9.28. The lowest BCUT2D eigenvalue weighted by atomic mass is 10.2. The molecule has 0 radical (unpaired) electrons. The molecule has 3 nitrogen and oxygen atoms in total. The largest absolute Gasteiger partial charge is 0.386 e. The van der Waals surface area contributed by atoms with E-state index in [4.69, 9.17) is 9.47 Å². The summed E-state index contributed by atoms with van der Waals surface area (Å²) in [5.41, 5.74) is 0. The van der Waals surface area contributed by atoms with Crippen molar-refractivity contribution < 1.29 is 14.6 Å². The molecule has 0 spiro atoms. The minimum absolute atomic E-state index is 0.196. The highest BCUT2D eigenvalue weighted by molar-refractivity contribution is 4.98. The van der Waals surface area contributed by atoms with Crippen LogP contribution in [0.3, 0.4) is 0 Å². The summed E-state index contributed by atoms with van der Waals surface area (Å²) in [4.78, 5) is 0. The van der Waals surface area contributed by atoms with Crippen LogP contribution in [0.15, 0.2) is 24.8 Å². The van der Waals surface area contributed by atoms with Crippen LogP contribution in [0.4, 0.5) is 0 Å². The average Bonchev–Trinajstić information content (AvgIpc) is 2.12. The van der Waals surface area contributed by atoms with Crippen LogP contribution in [0.5, 0.6) is 0 Å². The molecule has 1 rings (SSSR count). The maximum Gasteiger partial charge on any atom is 0.177 e. The van der Waals surface area contributed by atoms with Gasteiger partial charge in [0.25, 0.3) is 0 Å². The molecule has 0 aromatic rings. The first-order valence-electron chi connectivity index (χ1n) is 4.48. The second-order valence-corrected chi connectivity index (χ2v) is 3.03. The van der Waals surface area contributed by atoms with E-state index in [1.807, 2.05) is 6.92 Å². The Kier molecular flexibility index (Phi) is 4.15. The Balaban J connectivity index is 2.28. The molecule has 1 aliphatic rings. The van der Waals surface area contributed by atoms with E-state index in [1.165, 1.54) is 0 Å². The van der Waals surface area contributed by atoms with Gasteiger partial charge in [-0.25, -0.2) is 0 Å². The third kappa shape index (κ3) is 3.30. The number of hydrogen-bond donors (Lipinski definition) is 1. The lowest BCUT2D eigenvalue weighted by molar-refractivity contribution is -0.164. The molecule has 0 amide bonds. The fraction of sp³-hybridized carbons (Fsp3) is 0.600. The van der Waals surface area contributed by atoms with Crippen LogP contribution in [-0.4, -0.2) is 30.2 Å². The van der Waals surface area contributed by atoms with E-state index >= 15 is 0 Å². The zero-order chi connectivity index (χ0) is 9.68. The molecular formula is C10H16O3. The minimum atomic E-state index is -0.515. The molecule has 0 bridgehead atoms. The maximum atomic E-state index is 9.28. The fourth-order valence-corrected chi connectivity index (χ4v) is 1.06. The van der Waals surface area contributed by atoms with Crippen LogP contribution in [0.2, 0.25) is 0 Å². The van der Waals surface area contributed by atoms with E-state index < -0.39 is 6.10 Å². The van der Waals surface area contributed by atoms with Crippen molar-refractivity contribution >= 4 is 0 Å². The Labute approximate surface area is 78.7 Å². The van der Waals surface area contributed by atoms with Gasteiger partial charge < -0.3 is 14.6 Å². The quantitative estimate of drug-likeness (QED) is 0.527. The van der Waals surface area contributed by atoms with Crippen molar-refractivity contribution in [2.75, 3.05) is 6.61 Å². The van der Waals surface area contributed by atoms with E-state index in [9.17, 15) is 5.11 Å². The summed E-state index contributed by atoms with van der Waals surface area (Å²) in [7, 11) is 0. The number of hydrogen-bond acceptors (Lipinski definition) is 3. The highest BCUT2D eigenvalue weighted by Crippen LogP contribution is 2.13. The Morgan fingerprint density at radius 2 is 2.38 bits per heavy atom. The van der Waals surface area contributed by atoms with Crippen molar-refractivity contribution in [3.05, 3.63) is 24.8 Å². The van der Waals surface area contributed by atoms with Crippen molar-refractivity contribution in [1.82, 2.24) is 0 Å². The average molecular weight is 184 g/mol. The van der Waals surface area contributed by atoms with Gasteiger partial charge in [-0.05, 0) is 19.4 Å². The molecule has 1 aliphatic heterocycles. The Bertz CT molecular complexity index is 189. The number of aliphatic hydroxyl groups is 1. The Morgan fingerprint density at radius 1 is 1.62 bits per heavy atom. The molecule has 13 heavy (non-hydrogen) atoms. The van der Waals surface area contributed by atoms with Gasteiger partial charge in [-0.1, -0.05) is 12.2 Å². The minimum Gasteiger partial charge on any atom is -0.386 e. The van der Waals surface area contributed by atoms with Gasteiger partial charge in [-0.3, -0.25) is 0 Å². The monoisotopic (exact) mass is 184 g/mol. The van der Waals surface area contributed by atoms with Gasteiger partial charge in [0.05, 0.1) is 18.8 Å². The van der Waals surface area contributed by atoms with Crippen molar-refractivity contribution in [3.63, 3.8) is 0 Å². The molecule has 1 heterocycles. The summed E-state index contributed by atoms with van der Waals surface area (Å²) in [6.45, 7) is 6.01. The number of ether oxygens (including phenoxy) is 2. The van der Waals surface area contributed by atoms with Gasteiger partial charge in [-0.2, -0.15) is 0 Å². The van der Waals surface area contributed by atoms with E-state index in [-0.39, 0.29) is 12.4 Å². The summed E-state index contributed by atoms with van der Waals surface area (Å²) >= 11 is 0. The van der Waals surface area contributed by atoms with Crippen LogP contribution in [0.1, 0.15) is 13.3 Å². The van der Waals surface area contributed by atoms with Crippen molar-refractivity contribution in [1.29, 1.82) is 0 Å². The molecule has 1 N–H and O–H groups in total. The van der Waals surface area contributed by atoms with E-state index in [1.54, 1.807) is 18.2 Å². The van der Waals surface area contributed by atoms with Crippen molar-refractivity contribution in [2.45, 2.75) is 31.8 Å². The molecular weight excluding hydrogens is 168 g/mol. The summed E-state index contributed by atoms with van der Waals surface area (Å²) in [5.74, 6) is 0. The normalized spacial score (nSPS) is 33.2. The topological polar surface area (TPSA) is 38.7 Å². The summed E-state index contributed by atoms with van der Waals surface area (Å²) in [6.07, 6.45) is 5.01. The van der Waals surface area contributed by atoms with Gasteiger partial charge in [0.2, 0.25) is 0 Å². The third-order valence-electron chi connectivity index (χ3n) is 1.90. The molecule has 0 aromatic carbocycles. The standard InChI is InChI=1S/C10H16O3/c1-3-4-7-12-10-6-5-9(11)8(2)13-10/h3,5-6,8-11H,1,4,7H2,2H3/t8-,9-,10?/m0/s1. The zero-order valence-corrected chi connectivity index (χ0v) is 7.85. The van der Waals surface area contributed by atoms with Crippen LogP contribution in [0.25, 0.3) is 0 Å². The van der Waals surface area contributed by atoms with Crippen LogP contribution >= 0.6 is 0 Å². The van der Waals surface area contributed by atoms with E-state index in [0.29, 0.717) is 6.61 Å². The second-order valence-electron chi connectivity index (χ2n) is 3.03. The molecule has 0 saturated carbocycles. The van der Waals surface area contributed by atoms with Crippen molar-refractivity contribution in [3.8, 4) is 0 Å². The van der Waals surface area contributed by atoms with E-state index in [0.717, 1.165) is 6.42 Å². The van der Waals surface area contributed by atoms with Crippen molar-refractivity contribution in [2.24, 2.45) is 0 Å². The molecule has 0 fully saturated rings. The maximum absolute atomic E-state index is 9.28. The lowest BCUT2D eigenvalue weighted by Crippen LogP contribution is -2.34. The SMILES string of the molecule is C=CCCOC1C=C[C@H](O)[C@H](C)O1. The smallest absolute Gasteiger partial charge is 0.177 e. The predicted octanol–water partition coefficient (Wildman–Crippen LogP) is 1.24. The van der Waals surface area contributed by atoms with Gasteiger partial charge in [0.1, 0.15) is 0 Å². The molecule has 0 aliphatic carbocycles. The summed E-state index contributed by atoms with van der Waals surface area (Å²) in [6, 6.07) is 0. The van der Waals surface area contributed by atoms with Gasteiger partial charge in [0, 0.05) is 0 Å². The molecule has 0 aromatic heterocycles. The van der Waals surface area contributed by atoms with Crippen LogP contribution < -0.4 is 0 Å². The molecule has 1 unspecified atom stereocenters. The molecule has 3 heteroatoms. The summed E-state index contributed by atoms with van der Waals surface area (Å²) < 4.78 is 10.7. The van der Waals surface area contributed by atoms with Gasteiger partial charge in [-0.15, -0.1) is 6.58 Å². The van der Waals surface area contributed by atoms with Crippen LogP contribution in [0, 0.1) is 0 Å². The second kappa shape index (κ2) is 5.17. The fourth-order valence-electron chi connectivity index (χ4n) is 1.06. The first-order valence-corrected chi connectivity index (χ1v) is 4.48. The highest BCUT2D eigenvalue weighted by atomic mass is 16.7. The lowest BCUT2D eigenvalue weighted by Gasteiger charge is -2.26. The Hall–Kier alpha value is -0.640. The number of rotatable bonds is 4. The highest BCUT2D eigenvalue weighted by Gasteiger charge is 2.21. The molecule has 74 valence electrons. The van der Waals surface area contributed by atoms with E-state index in [2.05, 4.69) is 6.58 Å². The number of aliphatic hydroxyl groups excluding tert-OH is 1. The predicted molar refractivity (Wildman–Crippen MR) is 50.2 cm³/mol. The molecule has 0 saturated heterocycles. The first-order chi connectivity index (χ1) is 6.24. The Morgan fingerprint density at radius 3 is 3.00 bits per heavy atom. The molecule has 3 atom stereocenters. The van der Waals surface area contributed by atoms with Gasteiger partial charge >= 0.3 is 0 Å². The van der Waals surface area contributed by atoms with Crippen LogP contribution in [-0.2, 0) is 9.47 Å². The third-order valence-corrected chi connectivity index (χ3v) is 1.90. The first kappa shape index (κ1) is 10.4.